The summed E-state index contributed by atoms with van der Waals surface area (Å²) in [5, 5.41) is 20.9. The van der Waals surface area contributed by atoms with E-state index in [0.29, 0.717) is 17.7 Å². The van der Waals surface area contributed by atoms with Gasteiger partial charge < -0.3 is 16.8 Å². The molecule has 0 aliphatic rings. The first kappa shape index (κ1) is 21.5. The molecule has 29 heavy (non-hydrogen) atoms. The van der Waals surface area contributed by atoms with E-state index in [-0.39, 0.29) is 24.6 Å². The second-order valence-corrected chi connectivity index (χ2v) is 6.25. The van der Waals surface area contributed by atoms with Gasteiger partial charge >= 0.3 is 0 Å². The fourth-order valence-corrected chi connectivity index (χ4v) is 2.57. The maximum Gasteiger partial charge on any atom is 0.269 e. The monoisotopic (exact) mass is 398 g/mol. The van der Waals surface area contributed by atoms with Crippen molar-refractivity contribution in [1.82, 2.24) is 4.90 Å². The van der Waals surface area contributed by atoms with Crippen LogP contribution in [0.1, 0.15) is 23.2 Å². The van der Waals surface area contributed by atoms with Gasteiger partial charge in [0.15, 0.2) is 5.96 Å². The second-order valence-electron chi connectivity index (χ2n) is 6.25. The van der Waals surface area contributed by atoms with Gasteiger partial charge in [-0.25, -0.2) is 0 Å². The zero-order valence-electron chi connectivity index (χ0n) is 15.6. The Morgan fingerprint density at radius 3 is 2.31 bits per heavy atom. The van der Waals surface area contributed by atoms with Gasteiger partial charge in [0.05, 0.1) is 11.0 Å². The molecule has 0 saturated carbocycles. The van der Waals surface area contributed by atoms with Crippen molar-refractivity contribution in [2.24, 2.45) is 11.5 Å². The summed E-state index contributed by atoms with van der Waals surface area (Å²) >= 11 is 0. The van der Waals surface area contributed by atoms with Crippen LogP contribution in [0.5, 0.6) is 0 Å². The van der Waals surface area contributed by atoms with Crippen molar-refractivity contribution in [1.29, 1.82) is 5.41 Å². The molecule has 10 heteroatoms. The molecule has 0 unspecified atom stereocenters. The molecule has 152 valence electrons. The molecule has 2 rings (SSSR count). The quantitative estimate of drug-likeness (QED) is 0.228. The van der Waals surface area contributed by atoms with Crippen LogP contribution in [0, 0.1) is 15.5 Å². The highest BCUT2D eigenvalue weighted by Gasteiger charge is 2.20. The Kier molecular flexibility index (Phi) is 7.38. The number of benzene rings is 2. The summed E-state index contributed by atoms with van der Waals surface area (Å²) in [5.74, 6) is -1.24. The van der Waals surface area contributed by atoms with Gasteiger partial charge in [0.1, 0.15) is 0 Å². The predicted octanol–water partition coefficient (Wildman–Crippen LogP) is 1.68. The number of nitro benzene ring substituents is 1. The Bertz CT molecular complexity index is 885. The highest BCUT2D eigenvalue weighted by molar-refractivity contribution is 6.04. The van der Waals surface area contributed by atoms with Crippen LogP contribution in [-0.2, 0) is 4.79 Å². The van der Waals surface area contributed by atoms with E-state index in [2.05, 4.69) is 5.32 Å². The van der Waals surface area contributed by atoms with Crippen LogP contribution in [-0.4, -0.2) is 40.2 Å². The first-order chi connectivity index (χ1) is 13.8. The molecule has 0 spiro atoms. The van der Waals surface area contributed by atoms with Crippen molar-refractivity contribution in [2.75, 3.05) is 11.9 Å². The Morgan fingerprint density at radius 2 is 1.76 bits per heavy atom. The van der Waals surface area contributed by atoms with Crippen molar-refractivity contribution in [3.63, 3.8) is 0 Å². The molecule has 0 fully saturated rings. The van der Waals surface area contributed by atoms with E-state index in [1.807, 2.05) is 0 Å². The lowest BCUT2D eigenvalue weighted by Gasteiger charge is -2.21. The molecular formula is C19H22N6O4. The molecule has 0 bridgehead atoms. The standard InChI is InChI=1S/C19H22N6O4/c20-16(17(26)23-14-8-10-15(11-9-14)25(28)29)7-4-12-24(19(21)22)18(27)13-5-2-1-3-6-13/h1-3,5-6,8-11,16H,4,7,12,20H2,(H3,21,22)(H,23,26)/t16-/m0/s1. The maximum absolute atomic E-state index is 12.5. The number of hydrogen-bond acceptors (Lipinski definition) is 6. The molecule has 0 saturated heterocycles. The lowest BCUT2D eigenvalue weighted by Crippen LogP contribution is -2.43. The molecule has 0 aliphatic carbocycles. The first-order valence-corrected chi connectivity index (χ1v) is 8.81. The highest BCUT2D eigenvalue weighted by Crippen LogP contribution is 2.16. The van der Waals surface area contributed by atoms with Gasteiger partial charge in [-0.05, 0) is 37.1 Å². The number of nitro groups is 1. The Balaban J connectivity index is 1.87. The van der Waals surface area contributed by atoms with Crippen molar-refractivity contribution >= 4 is 29.1 Å². The lowest BCUT2D eigenvalue weighted by molar-refractivity contribution is -0.384. The summed E-state index contributed by atoms with van der Waals surface area (Å²) in [5.41, 5.74) is 12.1. The zero-order chi connectivity index (χ0) is 21.4. The van der Waals surface area contributed by atoms with E-state index in [0.717, 1.165) is 4.90 Å². The fraction of sp³-hybridized carbons (Fsp3) is 0.211. The number of nitrogens with zero attached hydrogens (tertiary/aromatic N) is 2. The van der Waals surface area contributed by atoms with Crippen molar-refractivity contribution < 1.29 is 14.5 Å². The first-order valence-electron chi connectivity index (χ1n) is 8.81. The number of carbonyl (C=O) groups excluding carboxylic acids is 2. The van der Waals surface area contributed by atoms with Gasteiger partial charge in [-0.3, -0.25) is 30.0 Å². The lowest BCUT2D eigenvalue weighted by atomic mass is 10.1. The minimum absolute atomic E-state index is 0.0836. The average molecular weight is 398 g/mol. The molecule has 0 aliphatic heterocycles. The van der Waals surface area contributed by atoms with Crippen LogP contribution in [0.4, 0.5) is 11.4 Å². The third-order valence-electron chi connectivity index (χ3n) is 4.14. The van der Waals surface area contributed by atoms with Crippen LogP contribution < -0.4 is 16.8 Å². The smallest absolute Gasteiger partial charge is 0.269 e. The number of amides is 2. The largest absolute Gasteiger partial charge is 0.370 e. The van der Waals surface area contributed by atoms with Crippen molar-refractivity contribution in [3.05, 3.63) is 70.3 Å². The molecule has 0 heterocycles. The van der Waals surface area contributed by atoms with E-state index in [1.54, 1.807) is 30.3 Å². The minimum atomic E-state index is -0.856. The number of rotatable bonds is 8. The van der Waals surface area contributed by atoms with Crippen molar-refractivity contribution in [3.8, 4) is 0 Å². The highest BCUT2D eigenvalue weighted by atomic mass is 16.6. The zero-order valence-corrected chi connectivity index (χ0v) is 15.6. The number of anilines is 1. The van der Waals surface area contributed by atoms with Gasteiger partial charge in [-0.2, -0.15) is 0 Å². The third-order valence-corrected chi connectivity index (χ3v) is 4.14. The second kappa shape index (κ2) is 9.95. The van der Waals surface area contributed by atoms with Crippen LogP contribution in [0.3, 0.4) is 0 Å². The molecular weight excluding hydrogens is 376 g/mol. The van der Waals surface area contributed by atoms with Gasteiger partial charge in [0.25, 0.3) is 11.6 Å². The number of guanidine groups is 1. The van der Waals surface area contributed by atoms with Crippen LogP contribution in [0.2, 0.25) is 0 Å². The van der Waals surface area contributed by atoms with Gasteiger partial charge in [0, 0.05) is 29.9 Å². The average Bonchev–Trinajstić information content (AvgIpc) is 2.71. The maximum atomic E-state index is 12.5. The summed E-state index contributed by atoms with van der Waals surface area (Å²) in [6.07, 6.45) is 0.609. The Morgan fingerprint density at radius 1 is 1.14 bits per heavy atom. The van der Waals surface area contributed by atoms with E-state index >= 15 is 0 Å². The van der Waals surface area contributed by atoms with Gasteiger partial charge in [-0.15, -0.1) is 0 Å². The summed E-state index contributed by atoms with van der Waals surface area (Å²) in [7, 11) is 0. The SMILES string of the molecule is N=C(N)N(CCC[C@H](N)C(=O)Nc1ccc([N+](=O)[O-])cc1)C(=O)c1ccccc1. The third kappa shape index (κ3) is 6.11. The molecule has 2 amide bonds. The molecule has 0 radical (unpaired) electrons. The van der Waals surface area contributed by atoms with E-state index in [4.69, 9.17) is 16.9 Å². The summed E-state index contributed by atoms with van der Waals surface area (Å²) in [4.78, 5) is 35.9. The van der Waals surface area contributed by atoms with E-state index in [9.17, 15) is 19.7 Å². The Hall–Kier alpha value is -3.79. The van der Waals surface area contributed by atoms with Crippen molar-refractivity contribution in [2.45, 2.75) is 18.9 Å². The van der Waals surface area contributed by atoms with Gasteiger partial charge in [0.2, 0.25) is 5.91 Å². The van der Waals surface area contributed by atoms with E-state index < -0.39 is 22.8 Å². The summed E-state index contributed by atoms with van der Waals surface area (Å²) in [6.45, 7) is 0.140. The molecule has 1 atom stereocenters. The molecule has 0 aromatic heterocycles. The van der Waals surface area contributed by atoms with Gasteiger partial charge in [-0.1, -0.05) is 18.2 Å². The molecule has 6 N–H and O–H groups in total. The molecule has 2 aromatic rings. The topological polar surface area (TPSA) is 168 Å². The molecule has 10 nitrogen and oxygen atoms in total. The van der Waals surface area contributed by atoms with Crippen LogP contribution in [0.15, 0.2) is 54.6 Å². The summed E-state index contributed by atoms with van der Waals surface area (Å²) < 4.78 is 0. The number of nitrogens with one attached hydrogen (secondary N) is 2. The number of non-ortho nitro benzene ring substituents is 1. The number of nitrogens with two attached hydrogens (primary N) is 2. The Labute approximate surface area is 167 Å². The fourth-order valence-electron chi connectivity index (χ4n) is 2.57. The van der Waals surface area contributed by atoms with Crippen LogP contribution in [0.25, 0.3) is 0 Å². The summed E-state index contributed by atoms with van der Waals surface area (Å²) in [6, 6.07) is 13.0. The predicted molar refractivity (Wildman–Crippen MR) is 108 cm³/mol. The number of carbonyl (C=O) groups is 2. The van der Waals surface area contributed by atoms with E-state index in [1.165, 1.54) is 24.3 Å². The number of hydrogen-bond donors (Lipinski definition) is 4. The van der Waals surface area contributed by atoms with Crippen LogP contribution >= 0.6 is 0 Å². The molecule has 2 aromatic carbocycles. The minimum Gasteiger partial charge on any atom is -0.370 e. The normalized spacial score (nSPS) is 11.3.